The second-order valence-electron chi connectivity index (χ2n) is 4.27. The van der Waals surface area contributed by atoms with Gasteiger partial charge in [-0.15, -0.1) is 0 Å². The second kappa shape index (κ2) is 4.69. The average Bonchev–Trinajstić information content (AvgIpc) is 2.67. The molecule has 2 rings (SSSR count). The topological polar surface area (TPSA) is 55.6 Å². The molecule has 1 N–H and O–H groups in total. The van der Waals surface area contributed by atoms with Crippen molar-refractivity contribution in [3.8, 4) is 0 Å². The Bertz CT molecular complexity index is 517. The summed E-state index contributed by atoms with van der Waals surface area (Å²) in [6.07, 6.45) is 2.66. The van der Waals surface area contributed by atoms with Crippen molar-refractivity contribution in [3.63, 3.8) is 0 Å². The van der Waals surface area contributed by atoms with E-state index < -0.39 is 0 Å². The highest BCUT2D eigenvalue weighted by Crippen LogP contribution is 2.22. The van der Waals surface area contributed by atoms with Crippen molar-refractivity contribution in [2.75, 3.05) is 5.32 Å². The molecular formula is C12H19N5. The number of nitrogens with zero attached hydrogens (tertiary/aromatic N) is 4. The molecule has 1 unspecified atom stereocenters. The lowest BCUT2D eigenvalue weighted by molar-refractivity contribution is 0.674. The maximum Gasteiger partial charge on any atom is 0.155 e. The molecular weight excluding hydrogens is 214 g/mol. The summed E-state index contributed by atoms with van der Waals surface area (Å²) in [7, 11) is 0. The molecule has 0 saturated heterocycles. The van der Waals surface area contributed by atoms with E-state index in [1.54, 1.807) is 6.33 Å². The van der Waals surface area contributed by atoms with Crippen LogP contribution in [0, 0.1) is 6.92 Å². The molecule has 0 aromatic carbocycles. The van der Waals surface area contributed by atoms with Crippen LogP contribution in [0.1, 0.15) is 32.9 Å². The lowest BCUT2D eigenvalue weighted by atomic mass is 10.2. The normalized spacial score (nSPS) is 12.9. The quantitative estimate of drug-likeness (QED) is 0.880. The molecule has 0 bridgehead atoms. The van der Waals surface area contributed by atoms with Gasteiger partial charge in [0.1, 0.15) is 17.4 Å². The summed E-state index contributed by atoms with van der Waals surface area (Å²) < 4.78 is 1.95. The smallest absolute Gasteiger partial charge is 0.155 e. The fourth-order valence-corrected chi connectivity index (χ4v) is 1.84. The van der Waals surface area contributed by atoms with Crippen molar-refractivity contribution >= 4 is 16.9 Å². The summed E-state index contributed by atoms with van der Waals surface area (Å²) in [6.45, 7) is 9.18. The molecule has 92 valence electrons. The summed E-state index contributed by atoms with van der Waals surface area (Å²) in [5.41, 5.74) is 2.90. The third kappa shape index (κ3) is 2.09. The van der Waals surface area contributed by atoms with Crippen LogP contribution in [0.2, 0.25) is 0 Å². The Hall–Kier alpha value is -1.65. The zero-order valence-corrected chi connectivity index (χ0v) is 10.9. The Balaban J connectivity index is 2.55. The van der Waals surface area contributed by atoms with Gasteiger partial charge >= 0.3 is 0 Å². The highest BCUT2D eigenvalue weighted by atomic mass is 15.3. The van der Waals surface area contributed by atoms with Crippen LogP contribution in [0.25, 0.3) is 11.0 Å². The number of aryl methyl sites for hydroxylation is 2. The molecule has 0 aliphatic rings. The molecule has 17 heavy (non-hydrogen) atoms. The van der Waals surface area contributed by atoms with Gasteiger partial charge in [0.2, 0.25) is 0 Å². The van der Waals surface area contributed by atoms with Crippen LogP contribution >= 0.6 is 0 Å². The Labute approximate surface area is 101 Å². The first-order chi connectivity index (χ1) is 8.17. The zero-order chi connectivity index (χ0) is 12.4. The molecule has 1 atom stereocenters. The van der Waals surface area contributed by atoms with Gasteiger partial charge in [0.05, 0.1) is 5.69 Å². The Kier molecular flexibility index (Phi) is 3.26. The minimum atomic E-state index is 0.397. The van der Waals surface area contributed by atoms with Gasteiger partial charge in [-0.05, 0) is 27.2 Å². The summed E-state index contributed by atoms with van der Waals surface area (Å²) in [6, 6.07) is 0.397. The fourth-order valence-electron chi connectivity index (χ4n) is 1.84. The highest BCUT2D eigenvalue weighted by Gasteiger charge is 2.13. The second-order valence-corrected chi connectivity index (χ2v) is 4.27. The number of nitrogens with one attached hydrogen (secondary N) is 1. The Morgan fingerprint density at radius 2 is 2.12 bits per heavy atom. The van der Waals surface area contributed by atoms with E-state index in [1.807, 2.05) is 11.6 Å². The van der Waals surface area contributed by atoms with E-state index in [9.17, 15) is 0 Å². The van der Waals surface area contributed by atoms with Gasteiger partial charge in [-0.1, -0.05) is 6.92 Å². The lowest BCUT2D eigenvalue weighted by Crippen LogP contribution is -2.15. The van der Waals surface area contributed by atoms with Crippen LogP contribution in [0.3, 0.4) is 0 Å². The number of fused-ring (bicyclic) bond motifs is 1. The number of hydrogen-bond donors (Lipinski definition) is 1. The van der Waals surface area contributed by atoms with Gasteiger partial charge in [0.25, 0.3) is 0 Å². The first kappa shape index (κ1) is 11.8. The van der Waals surface area contributed by atoms with Crippen LogP contribution in [-0.4, -0.2) is 25.8 Å². The maximum atomic E-state index is 4.48. The third-order valence-corrected chi connectivity index (χ3v) is 2.99. The molecule has 0 aliphatic carbocycles. The summed E-state index contributed by atoms with van der Waals surface area (Å²) in [5, 5.41) is 7.89. The van der Waals surface area contributed by atoms with E-state index in [1.165, 1.54) is 0 Å². The summed E-state index contributed by atoms with van der Waals surface area (Å²) >= 11 is 0. The maximum absolute atomic E-state index is 4.48. The average molecular weight is 233 g/mol. The van der Waals surface area contributed by atoms with Crippen molar-refractivity contribution in [2.45, 2.75) is 46.7 Å². The van der Waals surface area contributed by atoms with E-state index in [-0.39, 0.29) is 0 Å². The minimum Gasteiger partial charge on any atom is -0.366 e. The van der Waals surface area contributed by atoms with Crippen LogP contribution in [0.5, 0.6) is 0 Å². The van der Waals surface area contributed by atoms with Crippen molar-refractivity contribution in [2.24, 2.45) is 0 Å². The zero-order valence-electron chi connectivity index (χ0n) is 10.9. The third-order valence-electron chi connectivity index (χ3n) is 2.99. The van der Waals surface area contributed by atoms with Crippen LogP contribution in [0.15, 0.2) is 6.33 Å². The van der Waals surface area contributed by atoms with E-state index in [2.05, 4.69) is 41.2 Å². The van der Waals surface area contributed by atoms with E-state index in [4.69, 9.17) is 0 Å². The molecule has 2 aromatic heterocycles. The van der Waals surface area contributed by atoms with Crippen molar-refractivity contribution in [1.82, 2.24) is 19.7 Å². The van der Waals surface area contributed by atoms with Crippen LogP contribution in [0.4, 0.5) is 5.82 Å². The molecule has 0 saturated carbocycles. The predicted octanol–water partition coefficient (Wildman–Crippen LogP) is 2.37. The Morgan fingerprint density at radius 1 is 1.35 bits per heavy atom. The molecule has 0 aliphatic heterocycles. The SMILES string of the molecule is CCC(C)Nc1ncnc2c(C)nn(CC)c12. The van der Waals surface area contributed by atoms with Crippen molar-refractivity contribution in [3.05, 3.63) is 12.0 Å². The lowest BCUT2D eigenvalue weighted by Gasteiger charge is -2.13. The molecule has 2 heterocycles. The number of anilines is 1. The fraction of sp³-hybridized carbons (Fsp3) is 0.583. The van der Waals surface area contributed by atoms with Gasteiger partial charge in [-0.2, -0.15) is 5.10 Å². The largest absolute Gasteiger partial charge is 0.366 e. The number of rotatable bonds is 4. The minimum absolute atomic E-state index is 0.397. The van der Waals surface area contributed by atoms with Gasteiger partial charge in [-0.3, -0.25) is 4.68 Å². The van der Waals surface area contributed by atoms with E-state index >= 15 is 0 Å². The molecule has 5 nitrogen and oxygen atoms in total. The molecule has 0 spiro atoms. The molecule has 2 aromatic rings. The molecule has 0 amide bonds. The van der Waals surface area contributed by atoms with Gasteiger partial charge in [0, 0.05) is 12.6 Å². The first-order valence-corrected chi connectivity index (χ1v) is 6.12. The van der Waals surface area contributed by atoms with Gasteiger partial charge in [-0.25, -0.2) is 9.97 Å². The Morgan fingerprint density at radius 3 is 2.76 bits per heavy atom. The van der Waals surface area contributed by atoms with Crippen molar-refractivity contribution in [1.29, 1.82) is 0 Å². The molecule has 5 heteroatoms. The highest BCUT2D eigenvalue weighted by molar-refractivity contribution is 5.87. The molecule has 0 fully saturated rings. The summed E-state index contributed by atoms with van der Waals surface area (Å²) in [4.78, 5) is 8.64. The first-order valence-electron chi connectivity index (χ1n) is 6.12. The van der Waals surface area contributed by atoms with Crippen LogP contribution in [-0.2, 0) is 6.54 Å². The van der Waals surface area contributed by atoms with E-state index in [0.717, 1.165) is 35.5 Å². The van der Waals surface area contributed by atoms with Crippen molar-refractivity contribution < 1.29 is 0 Å². The number of aromatic nitrogens is 4. The number of hydrogen-bond acceptors (Lipinski definition) is 4. The summed E-state index contributed by atoms with van der Waals surface area (Å²) in [5.74, 6) is 0.881. The van der Waals surface area contributed by atoms with Gasteiger partial charge in [0.15, 0.2) is 5.82 Å². The predicted molar refractivity (Wildman–Crippen MR) is 69.1 cm³/mol. The van der Waals surface area contributed by atoms with E-state index in [0.29, 0.717) is 6.04 Å². The van der Waals surface area contributed by atoms with Gasteiger partial charge < -0.3 is 5.32 Å². The standard InChI is InChI=1S/C12H19N5/c1-5-8(3)15-12-11-10(13-7-14-12)9(4)16-17(11)6-2/h7-8H,5-6H2,1-4H3,(H,13,14,15). The monoisotopic (exact) mass is 233 g/mol. The van der Waals surface area contributed by atoms with Crippen LogP contribution < -0.4 is 5.32 Å². The molecule has 0 radical (unpaired) electrons.